The number of rotatable bonds is 2. The van der Waals surface area contributed by atoms with E-state index < -0.39 is 0 Å². The van der Waals surface area contributed by atoms with E-state index in [2.05, 4.69) is 38.1 Å². The zero-order valence-electron chi connectivity index (χ0n) is 8.53. The summed E-state index contributed by atoms with van der Waals surface area (Å²) in [7, 11) is 0. The van der Waals surface area contributed by atoms with Gasteiger partial charge < -0.3 is 4.42 Å². The molecule has 1 aromatic carbocycles. The van der Waals surface area contributed by atoms with E-state index in [1.165, 1.54) is 5.56 Å². The Labute approximate surface area is 84.4 Å². The largest absolute Gasteiger partial charge is 0.464 e. The molecular formula is C13H14O. The van der Waals surface area contributed by atoms with E-state index in [0.29, 0.717) is 5.92 Å². The minimum Gasteiger partial charge on any atom is -0.464 e. The predicted octanol–water partition coefficient (Wildman–Crippen LogP) is 4.07. The van der Waals surface area contributed by atoms with Crippen molar-refractivity contribution in [3.63, 3.8) is 0 Å². The van der Waals surface area contributed by atoms with Gasteiger partial charge in [0.15, 0.2) is 0 Å². The van der Waals surface area contributed by atoms with Crippen molar-refractivity contribution in [2.45, 2.75) is 19.8 Å². The first-order valence-corrected chi connectivity index (χ1v) is 4.91. The van der Waals surface area contributed by atoms with Crippen LogP contribution in [-0.2, 0) is 0 Å². The highest BCUT2D eigenvalue weighted by molar-refractivity contribution is 5.57. The van der Waals surface area contributed by atoms with Gasteiger partial charge in [0.25, 0.3) is 0 Å². The third kappa shape index (κ3) is 1.72. The molecule has 0 N–H and O–H groups in total. The van der Waals surface area contributed by atoms with Gasteiger partial charge in [0.05, 0.1) is 6.26 Å². The maximum absolute atomic E-state index is 5.32. The Hall–Kier alpha value is -1.50. The van der Waals surface area contributed by atoms with Gasteiger partial charge in [-0.1, -0.05) is 38.1 Å². The molecule has 0 aliphatic heterocycles. The van der Waals surface area contributed by atoms with Crippen molar-refractivity contribution in [3.05, 3.63) is 48.2 Å². The average molecular weight is 186 g/mol. The first-order valence-electron chi connectivity index (χ1n) is 4.91. The molecule has 2 rings (SSSR count). The lowest BCUT2D eigenvalue weighted by atomic mass is 10.0. The number of hydrogen-bond donors (Lipinski definition) is 0. The molecule has 14 heavy (non-hydrogen) atoms. The van der Waals surface area contributed by atoms with Gasteiger partial charge in [0, 0.05) is 5.56 Å². The summed E-state index contributed by atoms with van der Waals surface area (Å²) in [5.41, 5.74) is 2.50. The first-order chi connectivity index (χ1) is 6.77. The number of benzene rings is 1. The first kappa shape index (κ1) is 9.07. The number of furan rings is 1. The molecule has 0 atom stereocenters. The van der Waals surface area contributed by atoms with Gasteiger partial charge in [-0.25, -0.2) is 0 Å². The number of hydrogen-bond acceptors (Lipinski definition) is 1. The fourth-order valence-electron chi connectivity index (χ4n) is 1.48. The fraction of sp³-hybridized carbons (Fsp3) is 0.231. The van der Waals surface area contributed by atoms with Crippen LogP contribution in [0.25, 0.3) is 11.3 Å². The van der Waals surface area contributed by atoms with Gasteiger partial charge in [-0.15, -0.1) is 0 Å². The summed E-state index contributed by atoms with van der Waals surface area (Å²) in [6, 6.07) is 12.4. The second-order valence-corrected chi connectivity index (χ2v) is 3.75. The maximum atomic E-state index is 5.32. The smallest absolute Gasteiger partial charge is 0.133 e. The summed E-state index contributed by atoms with van der Waals surface area (Å²) >= 11 is 0. The second kappa shape index (κ2) is 3.70. The molecule has 1 aromatic heterocycles. The summed E-state index contributed by atoms with van der Waals surface area (Å²) in [6.07, 6.45) is 1.70. The molecule has 1 heteroatoms. The van der Waals surface area contributed by atoms with Crippen LogP contribution in [0.4, 0.5) is 0 Å². The lowest BCUT2D eigenvalue weighted by molar-refractivity contribution is 0.582. The van der Waals surface area contributed by atoms with Crippen molar-refractivity contribution in [3.8, 4) is 11.3 Å². The van der Waals surface area contributed by atoms with Crippen molar-refractivity contribution in [1.29, 1.82) is 0 Å². The van der Waals surface area contributed by atoms with Crippen molar-refractivity contribution < 1.29 is 4.42 Å². The minimum absolute atomic E-state index is 0.584. The highest BCUT2D eigenvalue weighted by Crippen LogP contribution is 2.22. The maximum Gasteiger partial charge on any atom is 0.133 e. The SMILES string of the molecule is CC(C)c1ccc(-c2ccco2)cc1. The van der Waals surface area contributed by atoms with Crippen LogP contribution >= 0.6 is 0 Å². The lowest BCUT2D eigenvalue weighted by Crippen LogP contribution is -1.85. The normalized spacial score (nSPS) is 10.8. The molecule has 72 valence electrons. The molecule has 0 spiro atoms. The van der Waals surface area contributed by atoms with Crippen LogP contribution in [0.15, 0.2) is 47.1 Å². The lowest BCUT2D eigenvalue weighted by Gasteiger charge is -2.05. The van der Waals surface area contributed by atoms with Crippen molar-refractivity contribution in [2.24, 2.45) is 0 Å². The van der Waals surface area contributed by atoms with Crippen molar-refractivity contribution >= 4 is 0 Å². The Morgan fingerprint density at radius 2 is 1.71 bits per heavy atom. The molecule has 0 aliphatic carbocycles. The zero-order chi connectivity index (χ0) is 9.97. The van der Waals surface area contributed by atoms with E-state index in [1.807, 2.05) is 12.1 Å². The average Bonchev–Trinajstić information content (AvgIpc) is 2.71. The standard InChI is InChI=1S/C13H14O/c1-10(2)11-5-7-12(8-6-11)13-4-3-9-14-13/h3-10H,1-2H3. The summed E-state index contributed by atoms with van der Waals surface area (Å²) in [5, 5.41) is 0. The van der Waals surface area contributed by atoms with Gasteiger partial charge in [0.2, 0.25) is 0 Å². The van der Waals surface area contributed by atoms with E-state index >= 15 is 0 Å². The molecule has 0 saturated carbocycles. The van der Waals surface area contributed by atoms with E-state index in [4.69, 9.17) is 4.42 Å². The van der Waals surface area contributed by atoms with Crippen LogP contribution in [0.2, 0.25) is 0 Å². The third-order valence-electron chi connectivity index (χ3n) is 2.38. The van der Waals surface area contributed by atoms with Crippen LogP contribution < -0.4 is 0 Å². The zero-order valence-corrected chi connectivity index (χ0v) is 8.53. The van der Waals surface area contributed by atoms with Crippen LogP contribution in [0, 0.1) is 0 Å². The third-order valence-corrected chi connectivity index (χ3v) is 2.38. The predicted molar refractivity (Wildman–Crippen MR) is 58.2 cm³/mol. The van der Waals surface area contributed by atoms with Crippen LogP contribution in [-0.4, -0.2) is 0 Å². The van der Waals surface area contributed by atoms with E-state index in [9.17, 15) is 0 Å². The molecule has 0 fully saturated rings. The Kier molecular flexibility index (Phi) is 2.40. The minimum atomic E-state index is 0.584. The van der Waals surface area contributed by atoms with Gasteiger partial charge >= 0.3 is 0 Å². The van der Waals surface area contributed by atoms with Crippen LogP contribution in [0.3, 0.4) is 0 Å². The monoisotopic (exact) mass is 186 g/mol. The molecule has 0 amide bonds. The molecule has 1 heterocycles. The van der Waals surface area contributed by atoms with E-state index in [1.54, 1.807) is 6.26 Å². The highest BCUT2D eigenvalue weighted by atomic mass is 16.3. The molecule has 0 unspecified atom stereocenters. The van der Waals surface area contributed by atoms with E-state index in [-0.39, 0.29) is 0 Å². The molecule has 1 nitrogen and oxygen atoms in total. The van der Waals surface area contributed by atoms with Gasteiger partial charge in [-0.2, -0.15) is 0 Å². The summed E-state index contributed by atoms with van der Waals surface area (Å²) in [4.78, 5) is 0. The molecule has 2 aromatic rings. The highest BCUT2D eigenvalue weighted by Gasteiger charge is 2.01. The molecule has 0 radical (unpaired) electrons. The summed E-state index contributed by atoms with van der Waals surface area (Å²) in [5.74, 6) is 1.51. The van der Waals surface area contributed by atoms with Gasteiger partial charge in [-0.3, -0.25) is 0 Å². The van der Waals surface area contributed by atoms with Crippen LogP contribution in [0.1, 0.15) is 25.3 Å². The molecule has 0 bridgehead atoms. The van der Waals surface area contributed by atoms with Crippen molar-refractivity contribution in [2.75, 3.05) is 0 Å². The summed E-state index contributed by atoms with van der Waals surface area (Å²) in [6.45, 7) is 4.39. The molecule has 0 saturated heterocycles. The Bertz CT molecular complexity index is 382. The van der Waals surface area contributed by atoms with Crippen LogP contribution in [0.5, 0.6) is 0 Å². The quantitative estimate of drug-likeness (QED) is 0.689. The summed E-state index contributed by atoms with van der Waals surface area (Å²) < 4.78 is 5.32. The Morgan fingerprint density at radius 1 is 1.00 bits per heavy atom. The Balaban J connectivity index is 2.31. The Morgan fingerprint density at radius 3 is 2.21 bits per heavy atom. The molecular weight excluding hydrogens is 172 g/mol. The van der Waals surface area contributed by atoms with Gasteiger partial charge in [0.1, 0.15) is 5.76 Å². The topological polar surface area (TPSA) is 13.1 Å². The second-order valence-electron chi connectivity index (χ2n) is 3.75. The fourth-order valence-corrected chi connectivity index (χ4v) is 1.48. The van der Waals surface area contributed by atoms with E-state index in [0.717, 1.165) is 11.3 Å². The molecule has 0 aliphatic rings. The van der Waals surface area contributed by atoms with Crippen molar-refractivity contribution in [1.82, 2.24) is 0 Å². The van der Waals surface area contributed by atoms with Gasteiger partial charge in [-0.05, 0) is 23.6 Å².